The maximum atomic E-state index is 9.79. The highest BCUT2D eigenvalue weighted by Crippen LogP contribution is 2.22. The van der Waals surface area contributed by atoms with E-state index in [1.165, 1.54) is 0 Å². The molecule has 1 aromatic carbocycles. The van der Waals surface area contributed by atoms with Gasteiger partial charge < -0.3 is 15.2 Å². The predicted octanol–water partition coefficient (Wildman–Crippen LogP) is 1.17. The van der Waals surface area contributed by atoms with Gasteiger partial charge in [-0.3, -0.25) is 4.68 Å². The van der Waals surface area contributed by atoms with Crippen LogP contribution in [0.2, 0.25) is 0 Å². The van der Waals surface area contributed by atoms with Crippen LogP contribution < -0.4 is 10.1 Å². The van der Waals surface area contributed by atoms with Gasteiger partial charge in [0.25, 0.3) is 0 Å². The van der Waals surface area contributed by atoms with Crippen molar-refractivity contribution >= 4 is 0 Å². The van der Waals surface area contributed by atoms with E-state index in [4.69, 9.17) is 4.74 Å². The number of ether oxygens (including phenoxy) is 1. The molecule has 0 unspecified atom stereocenters. The number of hydrogen-bond donors (Lipinski definition) is 2. The fourth-order valence-electron chi connectivity index (χ4n) is 1.76. The first-order valence-corrected chi connectivity index (χ1v) is 6.20. The third-order valence-corrected chi connectivity index (χ3v) is 2.82. The van der Waals surface area contributed by atoms with Crippen molar-refractivity contribution in [3.63, 3.8) is 0 Å². The minimum atomic E-state index is 0.253. The fraction of sp³-hybridized carbons (Fsp3) is 0.385. The summed E-state index contributed by atoms with van der Waals surface area (Å²) in [7, 11) is 1.58. The number of nitrogens with one attached hydrogen (secondary N) is 1. The van der Waals surface area contributed by atoms with Gasteiger partial charge in [-0.2, -0.15) is 0 Å². The number of nitrogens with zero attached hydrogens (tertiary/aromatic N) is 3. The minimum absolute atomic E-state index is 0.253. The number of benzene rings is 1. The van der Waals surface area contributed by atoms with Gasteiger partial charge in [0.05, 0.1) is 13.3 Å². The van der Waals surface area contributed by atoms with Gasteiger partial charge in [-0.1, -0.05) is 11.3 Å². The maximum absolute atomic E-state index is 9.79. The molecule has 1 heterocycles. The van der Waals surface area contributed by atoms with E-state index in [-0.39, 0.29) is 5.75 Å². The van der Waals surface area contributed by atoms with Crippen LogP contribution in [0.1, 0.15) is 12.0 Å². The molecule has 0 aliphatic carbocycles. The lowest BCUT2D eigenvalue weighted by atomic mass is 10.2. The lowest BCUT2D eigenvalue weighted by Gasteiger charge is -2.08. The largest absolute Gasteiger partial charge is 0.507 e. The molecule has 0 saturated carbocycles. The molecule has 0 aliphatic rings. The third-order valence-electron chi connectivity index (χ3n) is 2.82. The molecule has 19 heavy (non-hydrogen) atoms. The Balaban J connectivity index is 1.70. The second kappa shape index (κ2) is 6.75. The Labute approximate surface area is 112 Å². The second-order valence-corrected chi connectivity index (χ2v) is 4.19. The standard InChI is InChI=1S/C13H18N4O2/c1-19-12-4-3-11(13(18)9-12)10-14-5-2-7-17-8-6-15-16-17/h3-4,6,8-9,14,18H,2,5,7,10H2,1H3. The molecule has 0 bridgehead atoms. The summed E-state index contributed by atoms with van der Waals surface area (Å²) in [4.78, 5) is 0. The van der Waals surface area contributed by atoms with Crippen LogP contribution in [0.15, 0.2) is 30.6 Å². The first-order chi connectivity index (χ1) is 9.29. The summed E-state index contributed by atoms with van der Waals surface area (Å²) in [5.41, 5.74) is 0.863. The summed E-state index contributed by atoms with van der Waals surface area (Å²) in [6, 6.07) is 5.32. The van der Waals surface area contributed by atoms with Crippen LogP contribution in [-0.2, 0) is 13.1 Å². The molecule has 0 fully saturated rings. The van der Waals surface area contributed by atoms with Gasteiger partial charge >= 0.3 is 0 Å². The topological polar surface area (TPSA) is 72.2 Å². The van der Waals surface area contributed by atoms with Gasteiger partial charge in [-0.25, -0.2) is 0 Å². The summed E-state index contributed by atoms with van der Waals surface area (Å²) in [5, 5.41) is 20.7. The molecule has 2 N–H and O–H groups in total. The van der Waals surface area contributed by atoms with Crippen molar-refractivity contribution in [2.45, 2.75) is 19.5 Å². The number of hydrogen-bond acceptors (Lipinski definition) is 5. The summed E-state index contributed by atoms with van der Waals surface area (Å²) in [6.07, 6.45) is 4.47. The second-order valence-electron chi connectivity index (χ2n) is 4.19. The first-order valence-electron chi connectivity index (χ1n) is 6.20. The molecule has 6 nitrogen and oxygen atoms in total. The highest BCUT2D eigenvalue weighted by atomic mass is 16.5. The molecule has 102 valence electrons. The fourth-order valence-corrected chi connectivity index (χ4v) is 1.76. The Bertz CT molecular complexity index is 499. The van der Waals surface area contributed by atoms with Crippen molar-refractivity contribution < 1.29 is 9.84 Å². The number of aromatic hydroxyl groups is 1. The molecule has 0 amide bonds. The monoisotopic (exact) mass is 262 g/mol. The van der Waals surface area contributed by atoms with Crippen LogP contribution in [0.4, 0.5) is 0 Å². The maximum Gasteiger partial charge on any atom is 0.123 e. The van der Waals surface area contributed by atoms with Crippen LogP contribution in [0.3, 0.4) is 0 Å². The van der Waals surface area contributed by atoms with Gasteiger partial charge in [0.2, 0.25) is 0 Å². The molecule has 0 aliphatic heterocycles. The molecule has 6 heteroatoms. The number of aryl methyl sites for hydroxylation is 1. The highest BCUT2D eigenvalue weighted by molar-refractivity contribution is 5.39. The number of phenols is 1. The summed E-state index contributed by atoms with van der Waals surface area (Å²) in [6.45, 7) is 2.32. The van der Waals surface area contributed by atoms with Crippen LogP contribution in [0.25, 0.3) is 0 Å². The lowest BCUT2D eigenvalue weighted by Crippen LogP contribution is -2.16. The Morgan fingerprint density at radius 2 is 2.32 bits per heavy atom. The SMILES string of the molecule is COc1ccc(CNCCCn2ccnn2)c(O)c1. The Hall–Kier alpha value is -2.08. The molecule has 0 radical (unpaired) electrons. The predicted molar refractivity (Wildman–Crippen MR) is 71.0 cm³/mol. The van der Waals surface area contributed by atoms with Crippen LogP contribution in [0, 0.1) is 0 Å². The third kappa shape index (κ3) is 3.96. The van der Waals surface area contributed by atoms with Crippen molar-refractivity contribution in [3.8, 4) is 11.5 Å². The van der Waals surface area contributed by atoms with E-state index in [0.29, 0.717) is 12.3 Å². The zero-order chi connectivity index (χ0) is 13.5. The molecule has 0 atom stereocenters. The van der Waals surface area contributed by atoms with E-state index >= 15 is 0 Å². The van der Waals surface area contributed by atoms with Gasteiger partial charge in [-0.05, 0) is 19.0 Å². The van der Waals surface area contributed by atoms with Gasteiger partial charge in [0.1, 0.15) is 11.5 Å². The Kier molecular flexibility index (Phi) is 4.74. The summed E-state index contributed by atoms with van der Waals surface area (Å²) >= 11 is 0. The molecule has 0 spiro atoms. The van der Waals surface area contributed by atoms with Crippen molar-refractivity contribution in [1.29, 1.82) is 0 Å². The van der Waals surface area contributed by atoms with Crippen molar-refractivity contribution in [3.05, 3.63) is 36.2 Å². The average Bonchev–Trinajstić information content (AvgIpc) is 2.93. The molecule has 2 rings (SSSR count). The lowest BCUT2D eigenvalue weighted by molar-refractivity contribution is 0.405. The van der Waals surface area contributed by atoms with E-state index in [1.807, 2.05) is 18.3 Å². The van der Waals surface area contributed by atoms with E-state index < -0.39 is 0 Å². The van der Waals surface area contributed by atoms with Crippen LogP contribution in [-0.4, -0.2) is 33.8 Å². The van der Waals surface area contributed by atoms with Crippen LogP contribution in [0.5, 0.6) is 11.5 Å². The minimum Gasteiger partial charge on any atom is -0.507 e. The van der Waals surface area contributed by atoms with Gasteiger partial charge in [0.15, 0.2) is 0 Å². The van der Waals surface area contributed by atoms with Crippen molar-refractivity contribution in [1.82, 2.24) is 20.3 Å². The normalized spacial score (nSPS) is 10.6. The van der Waals surface area contributed by atoms with Crippen molar-refractivity contribution in [2.24, 2.45) is 0 Å². The Morgan fingerprint density at radius 1 is 1.42 bits per heavy atom. The average molecular weight is 262 g/mol. The number of aromatic nitrogens is 3. The van der Waals surface area contributed by atoms with Crippen molar-refractivity contribution in [2.75, 3.05) is 13.7 Å². The molecular weight excluding hydrogens is 244 g/mol. The Morgan fingerprint density at radius 3 is 3.00 bits per heavy atom. The highest BCUT2D eigenvalue weighted by Gasteiger charge is 2.02. The molecule has 0 saturated heterocycles. The van der Waals surface area contributed by atoms with E-state index in [2.05, 4.69) is 15.6 Å². The van der Waals surface area contributed by atoms with Gasteiger partial charge in [-0.15, -0.1) is 5.10 Å². The summed E-state index contributed by atoms with van der Waals surface area (Å²) in [5.74, 6) is 0.913. The molecular formula is C13H18N4O2. The number of rotatable bonds is 7. The van der Waals surface area contributed by atoms with Gasteiger partial charge in [0, 0.05) is 30.9 Å². The first kappa shape index (κ1) is 13.4. The zero-order valence-electron chi connectivity index (χ0n) is 10.9. The van der Waals surface area contributed by atoms with E-state index in [0.717, 1.165) is 25.1 Å². The summed E-state index contributed by atoms with van der Waals surface area (Å²) < 4.78 is 6.84. The zero-order valence-corrected chi connectivity index (χ0v) is 10.9. The van der Waals surface area contributed by atoms with E-state index in [1.54, 1.807) is 24.1 Å². The number of phenolic OH excluding ortho intramolecular Hbond substituents is 1. The molecule has 2 aromatic rings. The van der Waals surface area contributed by atoms with Crippen LogP contribution >= 0.6 is 0 Å². The molecule has 1 aromatic heterocycles. The van der Waals surface area contributed by atoms with E-state index in [9.17, 15) is 5.11 Å². The quantitative estimate of drug-likeness (QED) is 0.733. The number of methoxy groups -OCH3 is 1. The smallest absolute Gasteiger partial charge is 0.123 e.